The van der Waals surface area contributed by atoms with E-state index in [1.54, 1.807) is 0 Å². The molecule has 12 nitrogen and oxygen atoms in total. The average molecular weight is 663 g/mol. The number of hydrogen-bond donors (Lipinski definition) is 4. The first-order valence-electron chi connectivity index (χ1n) is 15.8. The van der Waals surface area contributed by atoms with Crippen LogP contribution in [0.2, 0.25) is 0 Å². The molecule has 1 aromatic rings. The van der Waals surface area contributed by atoms with Crippen LogP contribution in [0, 0.1) is 5.82 Å². The number of carbonyl (C=O) groups excluding carboxylic acids is 1. The van der Waals surface area contributed by atoms with Crippen molar-refractivity contribution in [3.05, 3.63) is 29.6 Å². The van der Waals surface area contributed by atoms with Crippen molar-refractivity contribution in [3.8, 4) is 0 Å². The molecule has 4 N–H and O–H groups in total. The van der Waals surface area contributed by atoms with Crippen molar-refractivity contribution >= 4 is 33.8 Å². The second kappa shape index (κ2) is 19.0. The monoisotopic (exact) mass is 662 g/mol. The number of esters is 1. The Morgan fingerprint density at radius 2 is 1.58 bits per heavy atom. The van der Waals surface area contributed by atoms with Gasteiger partial charge in [0.2, 0.25) is 6.23 Å². The van der Waals surface area contributed by atoms with E-state index in [4.69, 9.17) is 9.84 Å². The number of ether oxygens (including phenoxy) is 1. The summed E-state index contributed by atoms with van der Waals surface area (Å²) in [5.41, 5.74) is -2.40. The number of nitrogens with one attached hydrogen (secondary N) is 1. The Hall–Kier alpha value is -2.81. The zero-order valence-electron chi connectivity index (χ0n) is 27.4. The van der Waals surface area contributed by atoms with Crippen LogP contribution < -0.4 is 4.72 Å². The zero-order chi connectivity index (χ0) is 34.3. The molecule has 0 radical (unpaired) electrons. The van der Waals surface area contributed by atoms with Crippen LogP contribution in [0.3, 0.4) is 0 Å². The standard InChI is InChI=1S/C31H52FN3O9S/c1-6-9-11-13-20-35(8-3,19-12-10-7-2)27(44-29(38)23-31(41,30(39)40)22-28(36)37)16-14-15-24-17-18-25(21-26(24)32)33-45(42,43)34(4)5/h17-18,21,27,33,41H,6-16,19-20,22-23H2,1-5H3,(H-,36,37,39,40)/p+1. The Kier molecular flexibility index (Phi) is 17.0. The summed E-state index contributed by atoms with van der Waals surface area (Å²) >= 11 is 0. The van der Waals surface area contributed by atoms with E-state index in [1.165, 1.54) is 26.2 Å². The van der Waals surface area contributed by atoms with Crippen LogP contribution in [0.15, 0.2) is 18.2 Å². The predicted octanol–water partition coefficient (Wildman–Crippen LogP) is 4.52. The molecule has 0 fully saturated rings. The minimum atomic E-state index is -3.81. The van der Waals surface area contributed by atoms with E-state index in [1.807, 2.05) is 6.92 Å². The van der Waals surface area contributed by atoms with E-state index in [2.05, 4.69) is 18.6 Å². The number of anilines is 1. The molecule has 0 aromatic heterocycles. The van der Waals surface area contributed by atoms with Crippen molar-refractivity contribution in [2.45, 2.75) is 110 Å². The molecule has 0 saturated heterocycles. The van der Waals surface area contributed by atoms with E-state index in [9.17, 15) is 33.0 Å². The van der Waals surface area contributed by atoms with Crippen molar-refractivity contribution in [1.82, 2.24) is 4.31 Å². The molecule has 0 bridgehead atoms. The quantitative estimate of drug-likeness (QED) is 0.0538. The van der Waals surface area contributed by atoms with Crippen molar-refractivity contribution in [2.24, 2.45) is 0 Å². The van der Waals surface area contributed by atoms with E-state index in [0.29, 0.717) is 42.5 Å². The Morgan fingerprint density at radius 1 is 0.978 bits per heavy atom. The van der Waals surface area contributed by atoms with Gasteiger partial charge in [0.25, 0.3) is 0 Å². The smallest absolute Gasteiger partial charge is 0.336 e. The van der Waals surface area contributed by atoms with E-state index in [0.717, 1.165) is 55.3 Å². The molecule has 1 aromatic carbocycles. The Labute approximate surface area is 267 Å². The molecule has 258 valence electrons. The molecule has 0 amide bonds. The highest BCUT2D eigenvalue weighted by molar-refractivity contribution is 7.90. The number of rotatable bonds is 24. The topological polar surface area (TPSA) is 171 Å². The highest BCUT2D eigenvalue weighted by Gasteiger charge is 2.44. The summed E-state index contributed by atoms with van der Waals surface area (Å²) < 4.78 is 48.8. The summed E-state index contributed by atoms with van der Waals surface area (Å²) in [6, 6.07) is 4.07. The lowest BCUT2D eigenvalue weighted by atomic mass is 9.96. The van der Waals surface area contributed by atoms with Crippen LogP contribution in [0.25, 0.3) is 0 Å². The highest BCUT2D eigenvalue weighted by atomic mass is 32.2. The number of benzene rings is 1. The van der Waals surface area contributed by atoms with Gasteiger partial charge in [0.1, 0.15) is 5.82 Å². The molecular weight excluding hydrogens is 609 g/mol. The molecule has 1 rings (SSSR count). The summed E-state index contributed by atoms with van der Waals surface area (Å²) in [5, 5.41) is 29.1. The number of halogens is 1. The van der Waals surface area contributed by atoms with Gasteiger partial charge in [-0.15, -0.1) is 0 Å². The molecule has 3 unspecified atom stereocenters. The van der Waals surface area contributed by atoms with Crippen molar-refractivity contribution in [3.63, 3.8) is 0 Å². The molecule has 0 aliphatic rings. The summed E-state index contributed by atoms with van der Waals surface area (Å²) in [6.45, 7) is 8.20. The average Bonchev–Trinajstić information content (AvgIpc) is 2.94. The number of aliphatic hydroxyl groups is 1. The zero-order valence-corrected chi connectivity index (χ0v) is 28.2. The lowest BCUT2D eigenvalue weighted by Gasteiger charge is -2.44. The third-order valence-electron chi connectivity index (χ3n) is 8.13. The number of carboxylic acids is 2. The Balaban J connectivity index is 3.30. The van der Waals surface area contributed by atoms with Crippen LogP contribution in [-0.2, 0) is 35.8 Å². The molecular formula is C31H53FN3O9S+. The van der Waals surface area contributed by atoms with Gasteiger partial charge in [-0.2, -0.15) is 12.7 Å². The molecule has 0 heterocycles. The Bertz CT molecular complexity index is 1210. The maximum atomic E-state index is 15.0. The van der Waals surface area contributed by atoms with Gasteiger partial charge in [0.05, 0.1) is 38.2 Å². The first-order chi connectivity index (χ1) is 21.1. The van der Waals surface area contributed by atoms with Gasteiger partial charge < -0.3 is 20.1 Å². The van der Waals surface area contributed by atoms with Gasteiger partial charge in [-0.3, -0.25) is 18.8 Å². The van der Waals surface area contributed by atoms with Gasteiger partial charge >= 0.3 is 28.1 Å². The van der Waals surface area contributed by atoms with Crippen molar-refractivity contribution in [2.75, 3.05) is 38.5 Å². The number of carbonyl (C=O) groups is 3. The van der Waals surface area contributed by atoms with Crippen molar-refractivity contribution in [1.29, 1.82) is 0 Å². The summed E-state index contributed by atoms with van der Waals surface area (Å²) in [7, 11) is -1.10. The van der Waals surface area contributed by atoms with E-state index < -0.39 is 58.6 Å². The summed E-state index contributed by atoms with van der Waals surface area (Å²) in [5.74, 6) is -5.01. The number of aliphatic carboxylic acids is 2. The normalized spacial score (nSPS) is 15.2. The maximum absolute atomic E-state index is 15.0. The van der Waals surface area contributed by atoms with Gasteiger partial charge in [0.15, 0.2) is 5.60 Å². The van der Waals surface area contributed by atoms with Gasteiger partial charge in [-0.25, -0.2) is 9.18 Å². The SMILES string of the molecule is CCCCCC[N+](CC)(CCCCC)C(CCCc1ccc(NS(=O)(=O)N(C)C)cc1F)OC(=O)CC(O)(CC(=O)O)C(=O)O. The lowest BCUT2D eigenvalue weighted by molar-refractivity contribution is -0.968. The summed E-state index contributed by atoms with van der Waals surface area (Å²) in [6.07, 6.45) is 4.76. The number of nitrogens with zero attached hydrogens (tertiary/aromatic N) is 2. The fraction of sp³-hybridized carbons (Fsp3) is 0.710. The number of aryl methyl sites for hydroxylation is 1. The van der Waals surface area contributed by atoms with E-state index >= 15 is 4.39 Å². The van der Waals surface area contributed by atoms with Crippen molar-refractivity contribution < 1.29 is 51.7 Å². The minimum Gasteiger partial charge on any atom is -0.481 e. The van der Waals surface area contributed by atoms with Crippen LogP contribution in [0.1, 0.15) is 97.0 Å². The molecule has 0 spiro atoms. The molecule has 3 atom stereocenters. The highest BCUT2D eigenvalue weighted by Crippen LogP contribution is 2.27. The third kappa shape index (κ3) is 13.2. The molecule has 0 saturated carbocycles. The number of carboxylic acid groups (broad SMARTS) is 2. The molecule has 45 heavy (non-hydrogen) atoms. The minimum absolute atomic E-state index is 0.0775. The number of unbranched alkanes of at least 4 members (excludes halogenated alkanes) is 5. The first-order valence-corrected chi connectivity index (χ1v) is 17.2. The molecule has 14 heteroatoms. The lowest BCUT2D eigenvalue weighted by Crippen LogP contribution is -2.58. The molecule has 0 aliphatic heterocycles. The van der Waals surface area contributed by atoms with Gasteiger partial charge in [0, 0.05) is 20.5 Å². The third-order valence-corrected chi connectivity index (χ3v) is 9.58. The predicted molar refractivity (Wildman–Crippen MR) is 169 cm³/mol. The van der Waals surface area contributed by atoms with Gasteiger partial charge in [-0.05, 0) is 63.1 Å². The second-order valence-electron chi connectivity index (χ2n) is 11.9. The largest absolute Gasteiger partial charge is 0.481 e. The van der Waals surface area contributed by atoms with Crippen LogP contribution >= 0.6 is 0 Å². The van der Waals surface area contributed by atoms with Gasteiger partial charge in [-0.1, -0.05) is 39.2 Å². The summed E-state index contributed by atoms with van der Waals surface area (Å²) in [4.78, 5) is 36.1. The fourth-order valence-corrected chi connectivity index (χ4v) is 5.92. The number of quaternary nitrogens is 1. The van der Waals surface area contributed by atoms with Crippen LogP contribution in [0.4, 0.5) is 10.1 Å². The van der Waals surface area contributed by atoms with Crippen LogP contribution in [0.5, 0.6) is 0 Å². The van der Waals surface area contributed by atoms with Crippen LogP contribution in [-0.4, -0.2) is 96.0 Å². The maximum Gasteiger partial charge on any atom is 0.336 e. The van der Waals surface area contributed by atoms with E-state index in [-0.39, 0.29) is 12.1 Å². The fourth-order valence-electron chi connectivity index (χ4n) is 5.31. The molecule has 0 aliphatic carbocycles. The second-order valence-corrected chi connectivity index (χ2v) is 13.8. The number of hydrogen-bond acceptors (Lipinski definition) is 7. The first kappa shape index (κ1) is 40.2. The Morgan fingerprint density at radius 3 is 2.09 bits per heavy atom.